The van der Waals surface area contributed by atoms with Crippen LogP contribution in [0.15, 0.2) is 36.8 Å². The Morgan fingerprint density at radius 3 is 2.88 bits per heavy atom. The zero-order valence-electron chi connectivity index (χ0n) is 14.2. The van der Waals surface area contributed by atoms with Gasteiger partial charge in [0.2, 0.25) is 0 Å². The molecular formula is C17H21ClN6O2. The van der Waals surface area contributed by atoms with E-state index in [0.29, 0.717) is 28.9 Å². The van der Waals surface area contributed by atoms with Crippen molar-refractivity contribution in [2.24, 2.45) is 0 Å². The highest BCUT2D eigenvalue weighted by atomic mass is 35.5. The summed E-state index contributed by atoms with van der Waals surface area (Å²) in [4.78, 5) is 22.4. The summed E-state index contributed by atoms with van der Waals surface area (Å²) in [6, 6.07) is 4.68. The summed E-state index contributed by atoms with van der Waals surface area (Å²) in [5.41, 5.74) is 0.499. The SMILES string of the molecule is O=C(Nc1cnccn1)Nc1cc(Cl)ccc1OCCN1CCNCC1. The van der Waals surface area contributed by atoms with E-state index >= 15 is 0 Å². The average Bonchev–Trinajstić information content (AvgIpc) is 2.65. The molecule has 26 heavy (non-hydrogen) atoms. The van der Waals surface area contributed by atoms with E-state index in [1.54, 1.807) is 18.2 Å². The molecule has 0 atom stereocenters. The van der Waals surface area contributed by atoms with Gasteiger partial charge >= 0.3 is 6.03 Å². The standard InChI is InChI=1S/C17H21ClN6O2/c18-13-1-2-15(26-10-9-24-7-5-19-6-8-24)14(11-13)22-17(25)23-16-12-20-3-4-21-16/h1-4,11-12,19H,5-10H2,(H2,21,22,23,25). The zero-order valence-corrected chi connectivity index (χ0v) is 15.0. The normalized spacial score (nSPS) is 14.7. The monoisotopic (exact) mass is 376 g/mol. The van der Waals surface area contributed by atoms with Crippen molar-refractivity contribution < 1.29 is 9.53 Å². The topological polar surface area (TPSA) is 91.4 Å². The summed E-state index contributed by atoms with van der Waals surface area (Å²) in [6.07, 6.45) is 4.49. The highest BCUT2D eigenvalue weighted by molar-refractivity contribution is 6.31. The molecule has 1 aromatic carbocycles. The Morgan fingerprint density at radius 1 is 1.27 bits per heavy atom. The van der Waals surface area contributed by atoms with E-state index in [0.717, 1.165) is 32.7 Å². The van der Waals surface area contributed by atoms with Crippen LogP contribution in [-0.2, 0) is 0 Å². The van der Waals surface area contributed by atoms with Crippen LogP contribution in [0.1, 0.15) is 0 Å². The van der Waals surface area contributed by atoms with Crippen LogP contribution in [0.3, 0.4) is 0 Å². The number of nitrogens with zero attached hydrogens (tertiary/aromatic N) is 3. The van der Waals surface area contributed by atoms with Crippen molar-refractivity contribution in [3.05, 3.63) is 41.8 Å². The first-order valence-electron chi connectivity index (χ1n) is 8.40. The Bertz CT molecular complexity index is 724. The maximum absolute atomic E-state index is 12.2. The van der Waals surface area contributed by atoms with E-state index < -0.39 is 6.03 Å². The molecule has 138 valence electrons. The molecule has 1 aliphatic heterocycles. The second-order valence-electron chi connectivity index (χ2n) is 5.75. The molecule has 0 spiro atoms. The van der Waals surface area contributed by atoms with Gasteiger partial charge in [-0.3, -0.25) is 15.2 Å². The molecule has 0 bridgehead atoms. The van der Waals surface area contributed by atoms with E-state index in [4.69, 9.17) is 16.3 Å². The Labute approximate surface area is 156 Å². The molecule has 2 heterocycles. The van der Waals surface area contributed by atoms with E-state index in [2.05, 4.69) is 30.8 Å². The number of carbonyl (C=O) groups is 1. The lowest BCUT2D eigenvalue weighted by atomic mass is 10.3. The summed E-state index contributed by atoms with van der Waals surface area (Å²) in [7, 11) is 0. The van der Waals surface area contributed by atoms with Crippen LogP contribution in [0.2, 0.25) is 5.02 Å². The maximum Gasteiger partial charge on any atom is 0.325 e. The second-order valence-corrected chi connectivity index (χ2v) is 6.19. The van der Waals surface area contributed by atoms with Gasteiger partial charge in [-0.1, -0.05) is 11.6 Å². The number of benzene rings is 1. The number of anilines is 2. The number of aromatic nitrogens is 2. The molecule has 3 rings (SSSR count). The first kappa shape index (κ1) is 18.4. The number of urea groups is 1. The van der Waals surface area contributed by atoms with E-state index in [-0.39, 0.29) is 0 Å². The van der Waals surface area contributed by atoms with Crippen LogP contribution in [0.5, 0.6) is 5.75 Å². The minimum atomic E-state index is -0.445. The van der Waals surface area contributed by atoms with Gasteiger partial charge in [0.25, 0.3) is 0 Å². The molecule has 0 radical (unpaired) electrons. The lowest BCUT2D eigenvalue weighted by Gasteiger charge is -2.27. The Hall–Kier alpha value is -2.42. The number of halogens is 1. The van der Waals surface area contributed by atoms with Crippen molar-refractivity contribution in [1.29, 1.82) is 0 Å². The molecule has 8 nitrogen and oxygen atoms in total. The predicted molar refractivity (Wildman–Crippen MR) is 101 cm³/mol. The van der Waals surface area contributed by atoms with Crippen LogP contribution in [0.25, 0.3) is 0 Å². The highest BCUT2D eigenvalue weighted by Gasteiger charge is 2.12. The van der Waals surface area contributed by atoms with Crippen molar-refractivity contribution in [3.8, 4) is 5.75 Å². The number of rotatable bonds is 6. The lowest BCUT2D eigenvalue weighted by Crippen LogP contribution is -2.44. The summed E-state index contributed by atoms with van der Waals surface area (Å²) in [6.45, 7) is 5.37. The third kappa shape index (κ3) is 5.55. The molecule has 0 saturated carbocycles. The number of amides is 2. The van der Waals surface area contributed by atoms with Crippen LogP contribution >= 0.6 is 11.6 Å². The summed E-state index contributed by atoms with van der Waals surface area (Å²) < 4.78 is 5.85. The lowest BCUT2D eigenvalue weighted by molar-refractivity contribution is 0.191. The van der Waals surface area contributed by atoms with Gasteiger partial charge < -0.3 is 15.4 Å². The molecule has 0 aliphatic carbocycles. The van der Waals surface area contributed by atoms with Gasteiger partial charge in [-0.25, -0.2) is 9.78 Å². The number of carbonyl (C=O) groups excluding carboxylic acids is 1. The van der Waals surface area contributed by atoms with Crippen LogP contribution in [0, 0.1) is 0 Å². The fourth-order valence-electron chi connectivity index (χ4n) is 2.58. The van der Waals surface area contributed by atoms with Gasteiger partial charge in [-0.05, 0) is 18.2 Å². The van der Waals surface area contributed by atoms with Crippen LogP contribution < -0.4 is 20.7 Å². The largest absolute Gasteiger partial charge is 0.490 e. The van der Waals surface area contributed by atoms with Crippen molar-refractivity contribution in [1.82, 2.24) is 20.2 Å². The molecule has 1 aliphatic rings. The van der Waals surface area contributed by atoms with Crippen molar-refractivity contribution >= 4 is 29.1 Å². The number of ether oxygens (including phenoxy) is 1. The molecule has 0 unspecified atom stereocenters. The molecule has 1 aromatic heterocycles. The molecule has 3 N–H and O–H groups in total. The summed E-state index contributed by atoms with van der Waals surface area (Å²) in [5.74, 6) is 0.923. The number of piperazine rings is 1. The smallest absolute Gasteiger partial charge is 0.325 e. The van der Waals surface area contributed by atoms with Crippen LogP contribution in [0.4, 0.5) is 16.3 Å². The fourth-order valence-corrected chi connectivity index (χ4v) is 2.75. The maximum atomic E-state index is 12.2. The quantitative estimate of drug-likeness (QED) is 0.714. The van der Waals surface area contributed by atoms with Crippen molar-refractivity contribution in [2.75, 3.05) is 50.0 Å². The summed E-state index contributed by atoms with van der Waals surface area (Å²) >= 11 is 6.05. The molecule has 1 fully saturated rings. The average molecular weight is 377 g/mol. The van der Waals surface area contributed by atoms with Gasteiger partial charge in [0.05, 0.1) is 11.9 Å². The fraction of sp³-hybridized carbons (Fsp3) is 0.353. The first-order chi connectivity index (χ1) is 12.7. The number of hydrogen-bond donors (Lipinski definition) is 3. The molecule has 2 aromatic rings. The Kier molecular flexibility index (Phi) is 6.59. The number of nitrogens with one attached hydrogen (secondary N) is 3. The van der Waals surface area contributed by atoms with Crippen LogP contribution in [-0.4, -0.2) is 60.2 Å². The van der Waals surface area contributed by atoms with E-state index in [1.165, 1.54) is 18.6 Å². The Balaban J connectivity index is 1.57. The van der Waals surface area contributed by atoms with Gasteiger partial charge in [-0.2, -0.15) is 0 Å². The predicted octanol–water partition coefficient (Wildman–Crippen LogP) is 2.06. The molecular weight excluding hydrogens is 356 g/mol. The van der Waals surface area contributed by atoms with E-state index in [9.17, 15) is 4.79 Å². The van der Waals surface area contributed by atoms with Gasteiger partial charge in [0, 0.05) is 50.1 Å². The molecule has 2 amide bonds. The minimum absolute atomic E-state index is 0.355. The van der Waals surface area contributed by atoms with Gasteiger partial charge in [0.1, 0.15) is 12.4 Å². The van der Waals surface area contributed by atoms with Crippen molar-refractivity contribution in [2.45, 2.75) is 0 Å². The third-order valence-corrected chi connectivity index (χ3v) is 4.10. The second kappa shape index (κ2) is 9.33. The molecule has 1 saturated heterocycles. The van der Waals surface area contributed by atoms with Gasteiger partial charge in [0.15, 0.2) is 5.82 Å². The first-order valence-corrected chi connectivity index (χ1v) is 8.78. The minimum Gasteiger partial charge on any atom is -0.490 e. The zero-order chi connectivity index (χ0) is 18.2. The van der Waals surface area contributed by atoms with Gasteiger partial charge in [-0.15, -0.1) is 0 Å². The van der Waals surface area contributed by atoms with E-state index in [1.807, 2.05) is 0 Å². The third-order valence-electron chi connectivity index (χ3n) is 3.87. The van der Waals surface area contributed by atoms with Crippen molar-refractivity contribution in [3.63, 3.8) is 0 Å². The number of hydrogen-bond acceptors (Lipinski definition) is 6. The molecule has 9 heteroatoms. The highest BCUT2D eigenvalue weighted by Crippen LogP contribution is 2.28. The Morgan fingerprint density at radius 2 is 2.12 bits per heavy atom. The summed E-state index contributed by atoms with van der Waals surface area (Å²) in [5, 5.41) is 9.17.